The van der Waals surface area contributed by atoms with Gasteiger partial charge in [0.2, 0.25) is 5.91 Å². The van der Waals surface area contributed by atoms with Crippen molar-refractivity contribution >= 4 is 17.6 Å². The Morgan fingerprint density at radius 2 is 2.04 bits per heavy atom. The van der Waals surface area contributed by atoms with Crippen LogP contribution in [0.3, 0.4) is 0 Å². The van der Waals surface area contributed by atoms with E-state index in [0.717, 1.165) is 5.69 Å². The number of pyridine rings is 1. The first-order valence-electron chi connectivity index (χ1n) is 7.83. The van der Waals surface area contributed by atoms with Crippen molar-refractivity contribution in [2.45, 2.75) is 19.1 Å². The van der Waals surface area contributed by atoms with E-state index in [2.05, 4.69) is 10.3 Å². The van der Waals surface area contributed by atoms with Gasteiger partial charge in [0.1, 0.15) is 18.2 Å². The third-order valence-electron chi connectivity index (χ3n) is 4.11. The molecule has 3 rings (SSSR count). The summed E-state index contributed by atoms with van der Waals surface area (Å²) in [6.45, 7) is 1.57. The maximum absolute atomic E-state index is 14.3. The maximum atomic E-state index is 14.3. The number of ether oxygens (including phenoxy) is 1. The number of aryl methyl sites for hydroxylation is 1. The molecule has 0 unspecified atom stereocenters. The fourth-order valence-corrected chi connectivity index (χ4v) is 2.83. The summed E-state index contributed by atoms with van der Waals surface area (Å²) < 4.78 is 19.7. The summed E-state index contributed by atoms with van der Waals surface area (Å²) in [5.41, 5.74) is 0.982. The molecule has 0 spiro atoms. The minimum atomic E-state index is -1.04. The molecule has 1 aliphatic heterocycles. The summed E-state index contributed by atoms with van der Waals surface area (Å²) in [7, 11) is 1.53. The van der Waals surface area contributed by atoms with E-state index in [9.17, 15) is 14.0 Å². The van der Waals surface area contributed by atoms with E-state index >= 15 is 0 Å². The van der Waals surface area contributed by atoms with Crippen LogP contribution in [0, 0.1) is 12.7 Å². The number of hydrogen-bond acceptors (Lipinski definition) is 4. The molecule has 7 heteroatoms. The standard InChI is InChI=1S/C18H18FN3O3/c1-11-6-5-9-14(20-11)21-18(24)17-16(22(2)15(23)10-25-17)12-7-3-4-8-13(12)19/h3-9,16-17H,10H2,1-2H3,(H,20,21,24)/t16-,17-/m1/s1. The van der Waals surface area contributed by atoms with Crippen LogP contribution in [-0.2, 0) is 14.3 Å². The van der Waals surface area contributed by atoms with Crippen LogP contribution in [0.5, 0.6) is 0 Å². The molecule has 1 aromatic carbocycles. The van der Waals surface area contributed by atoms with Gasteiger partial charge in [-0.2, -0.15) is 0 Å². The first-order valence-corrected chi connectivity index (χ1v) is 7.83. The monoisotopic (exact) mass is 343 g/mol. The van der Waals surface area contributed by atoms with Gasteiger partial charge >= 0.3 is 0 Å². The lowest BCUT2D eigenvalue weighted by atomic mass is 9.97. The van der Waals surface area contributed by atoms with Crippen LogP contribution < -0.4 is 5.32 Å². The van der Waals surface area contributed by atoms with Crippen molar-refractivity contribution in [3.63, 3.8) is 0 Å². The van der Waals surface area contributed by atoms with Gasteiger partial charge in [0.25, 0.3) is 5.91 Å². The average molecular weight is 343 g/mol. The van der Waals surface area contributed by atoms with Crippen LogP contribution >= 0.6 is 0 Å². The molecule has 0 bridgehead atoms. The van der Waals surface area contributed by atoms with Gasteiger partial charge in [-0.3, -0.25) is 9.59 Å². The van der Waals surface area contributed by atoms with Crippen molar-refractivity contribution in [2.75, 3.05) is 19.0 Å². The number of rotatable bonds is 3. The number of nitrogens with zero attached hydrogens (tertiary/aromatic N) is 2. The molecule has 2 aromatic rings. The predicted octanol–water partition coefficient (Wildman–Crippen LogP) is 2.07. The fraction of sp³-hybridized carbons (Fsp3) is 0.278. The second-order valence-electron chi connectivity index (χ2n) is 5.86. The first kappa shape index (κ1) is 17.0. The van der Waals surface area contributed by atoms with Crippen LogP contribution in [0.1, 0.15) is 17.3 Å². The van der Waals surface area contributed by atoms with E-state index in [0.29, 0.717) is 5.82 Å². The molecule has 0 radical (unpaired) electrons. The second kappa shape index (κ2) is 6.98. The Balaban J connectivity index is 1.90. The Kier molecular flexibility index (Phi) is 4.76. The number of aromatic nitrogens is 1. The molecule has 1 aliphatic rings. The number of amides is 2. The molecule has 2 heterocycles. The van der Waals surface area contributed by atoms with E-state index in [-0.39, 0.29) is 18.1 Å². The summed E-state index contributed by atoms with van der Waals surface area (Å²) in [6, 6.07) is 10.4. The molecule has 25 heavy (non-hydrogen) atoms. The van der Waals surface area contributed by atoms with Crippen molar-refractivity contribution in [3.05, 3.63) is 59.5 Å². The number of halogens is 1. The summed E-state index contributed by atoms with van der Waals surface area (Å²) >= 11 is 0. The lowest BCUT2D eigenvalue weighted by Gasteiger charge is -2.38. The molecule has 6 nitrogen and oxygen atoms in total. The van der Waals surface area contributed by atoms with Crippen LogP contribution in [-0.4, -0.2) is 41.5 Å². The molecule has 2 amide bonds. The summed E-state index contributed by atoms with van der Waals surface area (Å²) in [5.74, 6) is -0.916. The van der Waals surface area contributed by atoms with Crippen molar-refractivity contribution in [2.24, 2.45) is 0 Å². The van der Waals surface area contributed by atoms with Gasteiger partial charge < -0.3 is 15.0 Å². The Hall–Kier alpha value is -2.80. The van der Waals surface area contributed by atoms with Crippen molar-refractivity contribution in [1.29, 1.82) is 0 Å². The van der Waals surface area contributed by atoms with E-state index in [1.54, 1.807) is 43.3 Å². The molecule has 1 fully saturated rings. The molecular formula is C18H18FN3O3. The lowest BCUT2D eigenvalue weighted by Crippen LogP contribution is -2.51. The normalized spacial score (nSPS) is 20.4. The Labute approximate surface area is 144 Å². The number of carbonyl (C=O) groups is 2. The topological polar surface area (TPSA) is 71.5 Å². The molecule has 0 aliphatic carbocycles. The minimum Gasteiger partial charge on any atom is -0.356 e. The Morgan fingerprint density at radius 1 is 1.28 bits per heavy atom. The van der Waals surface area contributed by atoms with Gasteiger partial charge in [-0.25, -0.2) is 9.37 Å². The number of carbonyl (C=O) groups excluding carboxylic acids is 2. The van der Waals surface area contributed by atoms with E-state index in [1.807, 2.05) is 0 Å². The largest absolute Gasteiger partial charge is 0.356 e. The third-order valence-corrected chi connectivity index (χ3v) is 4.11. The number of anilines is 1. The second-order valence-corrected chi connectivity index (χ2v) is 5.86. The molecule has 1 N–H and O–H groups in total. The molecule has 2 atom stereocenters. The van der Waals surface area contributed by atoms with Gasteiger partial charge in [0, 0.05) is 18.3 Å². The van der Waals surface area contributed by atoms with Crippen molar-refractivity contribution < 1.29 is 18.7 Å². The SMILES string of the molecule is Cc1cccc(NC(=O)[C@@H]2OCC(=O)N(C)[C@@H]2c2ccccc2F)n1. The number of likely N-dealkylation sites (N-methyl/N-ethyl adjacent to an activating group) is 1. The van der Waals surface area contributed by atoms with Gasteiger partial charge in [-0.05, 0) is 25.1 Å². The molecule has 0 saturated carbocycles. The van der Waals surface area contributed by atoms with Gasteiger partial charge in [-0.15, -0.1) is 0 Å². The Bertz CT molecular complexity index is 812. The van der Waals surface area contributed by atoms with E-state index < -0.39 is 23.9 Å². The van der Waals surface area contributed by atoms with Crippen LogP contribution in [0.15, 0.2) is 42.5 Å². The minimum absolute atomic E-state index is 0.232. The number of morpholine rings is 1. The van der Waals surface area contributed by atoms with Crippen LogP contribution in [0.25, 0.3) is 0 Å². The van der Waals surface area contributed by atoms with Crippen molar-refractivity contribution in [3.8, 4) is 0 Å². The summed E-state index contributed by atoms with van der Waals surface area (Å²) in [5, 5.41) is 2.67. The quantitative estimate of drug-likeness (QED) is 0.926. The Morgan fingerprint density at radius 3 is 2.76 bits per heavy atom. The highest BCUT2D eigenvalue weighted by Gasteiger charge is 2.41. The maximum Gasteiger partial charge on any atom is 0.257 e. The number of nitrogens with one attached hydrogen (secondary N) is 1. The predicted molar refractivity (Wildman–Crippen MR) is 89.3 cm³/mol. The summed E-state index contributed by atoms with van der Waals surface area (Å²) in [4.78, 5) is 30.2. The number of benzene rings is 1. The summed E-state index contributed by atoms with van der Waals surface area (Å²) in [6.07, 6.45) is -1.04. The zero-order valence-electron chi connectivity index (χ0n) is 13.9. The van der Waals surface area contributed by atoms with Crippen molar-refractivity contribution in [1.82, 2.24) is 9.88 Å². The third kappa shape index (κ3) is 3.51. The fourth-order valence-electron chi connectivity index (χ4n) is 2.83. The van der Waals surface area contributed by atoms with Gasteiger partial charge in [0.15, 0.2) is 6.10 Å². The highest BCUT2D eigenvalue weighted by Crippen LogP contribution is 2.31. The molecular weight excluding hydrogens is 325 g/mol. The smallest absolute Gasteiger partial charge is 0.257 e. The van der Waals surface area contributed by atoms with Gasteiger partial charge in [0.05, 0.1) is 6.04 Å². The van der Waals surface area contributed by atoms with Crippen LogP contribution in [0.2, 0.25) is 0 Å². The molecule has 130 valence electrons. The van der Waals surface area contributed by atoms with E-state index in [1.165, 1.54) is 18.0 Å². The average Bonchev–Trinajstić information content (AvgIpc) is 2.58. The van der Waals surface area contributed by atoms with Gasteiger partial charge in [-0.1, -0.05) is 24.3 Å². The van der Waals surface area contributed by atoms with Crippen LogP contribution in [0.4, 0.5) is 10.2 Å². The molecule has 1 saturated heterocycles. The highest BCUT2D eigenvalue weighted by atomic mass is 19.1. The number of hydrogen-bond donors (Lipinski definition) is 1. The zero-order valence-corrected chi connectivity index (χ0v) is 13.9. The highest BCUT2D eigenvalue weighted by molar-refractivity contribution is 5.95. The lowest BCUT2D eigenvalue weighted by molar-refractivity contribution is -0.160. The zero-order chi connectivity index (χ0) is 18.0. The first-order chi connectivity index (χ1) is 12.0. The molecule has 1 aromatic heterocycles. The van der Waals surface area contributed by atoms with E-state index in [4.69, 9.17) is 4.74 Å².